The van der Waals surface area contributed by atoms with Gasteiger partial charge in [0.1, 0.15) is 11.4 Å². The third-order valence-electron chi connectivity index (χ3n) is 4.33. The standard InChI is InChI=1S/C18H30N2O/c1-13-8-9-15-16(19-10-7-11-20(5)6)12-18(3,4)21-17(15)14(13)2/h8-9,16,19H,7,10-12H2,1-6H3. The molecule has 1 aliphatic heterocycles. The van der Waals surface area contributed by atoms with Gasteiger partial charge >= 0.3 is 0 Å². The van der Waals surface area contributed by atoms with E-state index in [1.165, 1.54) is 23.1 Å². The van der Waals surface area contributed by atoms with Gasteiger partial charge in [-0.25, -0.2) is 0 Å². The third kappa shape index (κ3) is 3.98. The van der Waals surface area contributed by atoms with Crippen molar-refractivity contribution in [2.75, 3.05) is 27.2 Å². The predicted octanol–water partition coefficient (Wildman–Crippen LogP) is 3.45. The van der Waals surface area contributed by atoms with Gasteiger partial charge in [0.15, 0.2) is 0 Å². The highest BCUT2D eigenvalue weighted by molar-refractivity contribution is 5.48. The molecule has 0 spiro atoms. The molecule has 0 aliphatic carbocycles. The highest BCUT2D eigenvalue weighted by Gasteiger charge is 2.34. The molecular weight excluding hydrogens is 260 g/mol. The number of rotatable bonds is 5. The van der Waals surface area contributed by atoms with Gasteiger partial charge in [-0.3, -0.25) is 0 Å². The van der Waals surface area contributed by atoms with Crippen LogP contribution in [0.25, 0.3) is 0 Å². The van der Waals surface area contributed by atoms with Crippen LogP contribution in [0.1, 0.15) is 49.4 Å². The van der Waals surface area contributed by atoms with Gasteiger partial charge in [0.05, 0.1) is 0 Å². The van der Waals surface area contributed by atoms with E-state index in [1.54, 1.807) is 0 Å². The summed E-state index contributed by atoms with van der Waals surface area (Å²) >= 11 is 0. The number of hydrogen-bond donors (Lipinski definition) is 1. The maximum atomic E-state index is 6.26. The van der Waals surface area contributed by atoms with Crippen molar-refractivity contribution >= 4 is 0 Å². The quantitative estimate of drug-likeness (QED) is 0.841. The van der Waals surface area contributed by atoms with E-state index < -0.39 is 0 Å². The highest BCUT2D eigenvalue weighted by atomic mass is 16.5. The first-order valence-corrected chi connectivity index (χ1v) is 7.97. The van der Waals surface area contributed by atoms with Crippen LogP contribution >= 0.6 is 0 Å². The van der Waals surface area contributed by atoms with Gasteiger partial charge in [-0.1, -0.05) is 12.1 Å². The van der Waals surface area contributed by atoms with E-state index in [-0.39, 0.29) is 5.60 Å². The molecule has 118 valence electrons. The maximum absolute atomic E-state index is 6.26. The van der Waals surface area contributed by atoms with Crippen molar-refractivity contribution in [2.24, 2.45) is 0 Å². The Bertz CT molecular complexity index is 494. The van der Waals surface area contributed by atoms with Gasteiger partial charge in [0.25, 0.3) is 0 Å². The fourth-order valence-electron chi connectivity index (χ4n) is 2.99. The van der Waals surface area contributed by atoms with Crippen LogP contribution in [0.5, 0.6) is 5.75 Å². The molecule has 0 radical (unpaired) electrons. The minimum absolute atomic E-state index is 0.106. The van der Waals surface area contributed by atoms with Crippen molar-refractivity contribution < 1.29 is 4.74 Å². The highest BCUT2D eigenvalue weighted by Crippen LogP contribution is 2.42. The molecule has 1 atom stereocenters. The van der Waals surface area contributed by atoms with E-state index in [0.717, 1.165) is 25.3 Å². The first-order chi connectivity index (χ1) is 9.80. The van der Waals surface area contributed by atoms with E-state index in [1.807, 2.05) is 0 Å². The van der Waals surface area contributed by atoms with Crippen LogP contribution in [-0.4, -0.2) is 37.7 Å². The molecule has 0 aromatic heterocycles. The molecule has 1 aliphatic rings. The second-order valence-corrected chi connectivity index (χ2v) is 7.16. The topological polar surface area (TPSA) is 24.5 Å². The van der Waals surface area contributed by atoms with Crippen molar-refractivity contribution in [3.05, 3.63) is 28.8 Å². The molecule has 0 bridgehead atoms. The Morgan fingerprint density at radius 2 is 2.00 bits per heavy atom. The summed E-state index contributed by atoms with van der Waals surface area (Å²) in [5, 5.41) is 3.73. The second kappa shape index (κ2) is 6.37. The Morgan fingerprint density at radius 3 is 2.67 bits per heavy atom. The largest absolute Gasteiger partial charge is 0.487 e. The maximum Gasteiger partial charge on any atom is 0.128 e. The molecular formula is C18H30N2O. The number of aryl methyl sites for hydroxylation is 1. The smallest absolute Gasteiger partial charge is 0.128 e. The van der Waals surface area contributed by atoms with Crippen molar-refractivity contribution in [3.63, 3.8) is 0 Å². The Balaban J connectivity index is 2.14. The average Bonchev–Trinajstić information content (AvgIpc) is 2.38. The summed E-state index contributed by atoms with van der Waals surface area (Å²) in [5.74, 6) is 1.09. The predicted molar refractivity (Wildman–Crippen MR) is 89.2 cm³/mol. The molecule has 0 fully saturated rings. The molecule has 1 aromatic rings. The average molecular weight is 290 g/mol. The fourth-order valence-corrected chi connectivity index (χ4v) is 2.99. The van der Waals surface area contributed by atoms with Crippen molar-refractivity contribution in [1.29, 1.82) is 0 Å². The number of nitrogens with one attached hydrogen (secondary N) is 1. The minimum atomic E-state index is -0.106. The summed E-state index contributed by atoms with van der Waals surface area (Å²) in [6.07, 6.45) is 2.19. The van der Waals surface area contributed by atoms with E-state index >= 15 is 0 Å². The number of hydrogen-bond acceptors (Lipinski definition) is 3. The molecule has 0 saturated heterocycles. The lowest BCUT2D eigenvalue weighted by Crippen LogP contribution is -2.40. The minimum Gasteiger partial charge on any atom is -0.487 e. The first kappa shape index (κ1) is 16.3. The van der Waals surface area contributed by atoms with Gasteiger partial charge in [-0.15, -0.1) is 0 Å². The Labute approximate surface area is 129 Å². The summed E-state index contributed by atoms with van der Waals surface area (Å²) in [7, 11) is 4.25. The summed E-state index contributed by atoms with van der Waals surface area (Å²) in [6, 6.07) is 4.84. The van der Waals surface area contributed by atoms with Crippen LogP contribution < -0.4 is 10.1 Å². The van der Waals surface area contributed by atoms with Gasteiger partial charge in [0, 0.05) is 18.0 Å². The lowest BCUT2D eigenvalue weighted by Gasteiger charge is -2.39. The number of ether oxygens (including phenoxy) is 1. The van der Waals surface area contributed by atoms with Crippen molar-refractivity contribution in [3.8, 4) is 5.75 Å². The molecule has 3 nitrogen and oxygen atoms in total. The molecule has 0 saturated carbocycles. The molecule has 21 heavy (non-hydrogen) atoms. The normalized spacial score (nSPS) is 20.2. The lowest BCUT2D eigenvalue weighted by atomic mass is 9.87. The SMILES string of the molecule is Cc1ccc2c(c1C)OC(C)(C)CC2NCCCN(C)C. The summed E-state index contributed by atoms with van der Waals surface area (Å²) in [5.41, 5.74) is 3.80. The molecule has 1 heterocycles. The van der Waals surface area contributed by atoms with Gasteiger partial charge in [0.2, 0.25) is 0 Å². The Hall–Kier alpha value is -1.06. The number of nitrogens with zero attached hydrogens (tertiary/aromatic N) is 1. The zero-order valence-corrected chi connectivity index (χ0v) is 14.4. The Morgan fingerprint density at radius 1 is 1.29 bits per heavy atom. The second-order valence-electron chi connectivity index (χ2n) is 7.16. The third-order valence-corrected chi connectivity index (χ3v) is 4.33. The van der Waals surface area contributed by atoms with E-state index in [4.69, 9.17) is 4.74 Å². The summed E-state index contributed by atoms with van der Waals surface area (Å²) in [6.45, 7) is 10.9. The van der Waals surface area contributed by atoms with E-state index in [2.05, 4.69) is 64.1 Å². The number of benzene rings is 1. The molecule has 2 rings (SSSR count). The van der Waals surface area contributed by atoms with Crippen molar-refractivity contribution in [2.45, 2.75) is 52.2 Å². The molecule has 1 unspecified atom stereocenters. The van der Waals surface area contributed by atoms with Crippen LogP contribution in [0.3, 0.4) is 0 Å². The van der Waals surface area contributed by atoms with Crippen LogP contribution in [-0.2, 0) is 0 Å². The molecule has 0 amide bonds. The molecule has 1 aromatic carbocycles. The summed E-state index contributed by atoms with van der Waals surface area (Å²) < 4.78 is 6.26. The van der Waals surface area contributed by atoms with E-state index in [0.29, 0.717) is 6.04 Å². The molecule has 3 heteroatoms. The monoisotopic (exact) mass is 290 g/mol. The van der Waals surface area contributed by atoms with Gasteiger partial charge in [-0.2, -0.15) is 0 Å². The number of fused-ring (bicyclic) bond motifs is 1. The van der Waals surface area contributed by atoms with Gasteiger partial charge < -0.3 is 15.0 Å². The van der Waals surface area contributed by atoms with Crippen LogP contribution in [0.4, 0.5) is 0 Å². The zero-order valence-electron chi connectivity index (χ0n) is 14.4. The first-order valence-electron chi connectivity index (χ1n) is 7.97. The van der Waals surface area contributed by atoms with Crippen LogP contribution in [0, 0.1) is 13.8 Å². The van der Waals surface area contributed by atoms with E-state index in [9.17, 15) is 0 Å². The van der Waals surface area contributed by atoms with Crippen LogP contribution in [0.2, 0.25) is 0 Å². The zero-order chi connectivity index (χ0) is 15.6. The lowest BCUT2D eigenvalue weighted by molar-refractivity contribution is 0.0650. The Kier molecular flexibility index (Phi) is 4.95. The van der Waals surface area contributed by atoms with Crippen molar-refractivity contribution in [1.82, 2.24) is 10.2 Å². The molecule has 1 N–H and O–H groups in total. The van der Waals surface area contributed by atoms with Crippen LogP contribution in [0.15, 0.2) is 12.1 Å². The summed E-state index contributed by atoms with van der Waals surface area (Å²) in [4.78, 5) is 2.23. The van der Waals surface area contributed by atoms with Gasteiger partial charge in [-0.05, 0) is 72.4 Å². The fraction of sp³-hybridized carbons (Fsp3) is 0.667.